The first-order valence-electron chi connectivity index (χ1n) is 3.73. The van der Waals surface area contributed by atoms with Crippen molar-refractivity contribution >= 4 is 6.08 Å². The second-order valence-corrected chi connectivity index (χ2v) is 2.47. The van der Waals surface area contributed by atoms with Crippen LogP contribution in [-0.4, -0.2) is 16.7 Å². The molecule has 0 bridgehead atoms. The zero-order valence-corrected chi connectivity index (χ0v) is 6.77. The summed E-state index contributed by atoms with van der Waals surface area (Å²) in [6, 6.07) is 3.26. The largest absolute Gasteiger partial charge is 0.394 e. The monoisotopic (exact) mass is 164 g/mol. The predicted molar refractivity (Wildman–Crippen MR) is 48.3 cm³/mol. The number of aliphatic hydroxyl groups is 1. The van der Waals surface area contributed by atoms with Crippen LogP contribution in [0.15, 0.2) is 24.9 Å². The minimum atomic E-state index is -0.369. The number of aliphatic hydroxyl groups excluding tert-OH is 1. The Labute approximate surface area is 71.6 Å². The maximum absolute atomic E-state index is 8.82. The molecule has 0 fully saturated rings. The van der Waals surface area contributed by atoms with Crippen LogP contribution in [-0.2, 0) is 0 Å². The van der Waals surface area contributed by atoms with Gasteiger partial charge in [-0.3, -0.25) is 4.98 Å². The average Bonchev–Trinajstić information content (AvgIpc) is 2.16. The molecule has 0 saturated carbocycles. The maximum Gasteiger partial charge on any atom is 0.0672 e. The molecular formula is C9H12N2O. The summed E-state index contributed by atoms with van der Waals surface area (Å²) in [5.74, 6) is 0. The summed E-state index contributed by atoms with van der Waals surface area (Å²) in [5, 5.41) is 8.82. The Bertz CT molecular complexity index is 273. The molecule has 0 aliphatic heterocycles. The standard InChI is InChI=1S/C9H12N2O/c1-2-9-7(8(10)6-12)4-3-5-11-9/h2-5,8,12H,1,6,10H2. The first-order valence-corrected chi connectivity index (χ1v) is 3.73. The molecule has 0 amide bonds. The maximum atomic E-state index is 8.82. The Morgan fingerprint density at radius 3 is 3.08 bits per heavy atom. The van der Waals surface area contributed by atoms with E-state index in [4.69, 9.17) is 10.8 Å². The highest BCUT2D eigenvalue weighted by atomic mass is 16.3. The van der Waals surface area contributed by atoms with Crippen molar-refractivity contribution in [2.45, 2.75) is 6.04 Å². The summed E-state index contributed by atoms with van der Waals surface area (Å²) in [4.78, 5) is 4.06. The molecule has 0 radical (unpaired) electrons. The van der Waals surface area contributed by atoms with Crippen LogP contribution in [0.3, 0.4) is 0 Å². The van der Waals surface area contributed by atoms with Crippen LogP contribution < -0.4 is 5.73 Å². The molecule has 1 aromatic rings. The zero-order chi connectivity index (χ0) is 8.97. The van der Waals surface area contributed by atoms with Gasteiger partial charge in [-0.1, -0.05) is 12.6 Å². The van der Waals surface area contributed by atoms with E-state index in [1.807, 2.05) is 6.07 Å². The number of nitrogens with two attached hydrogens (primary N) is 1. The quantitative estimate of drug-likeness (QED) is 0.692. The van der Waals surface area contributed by atoms with Gasteiger partial charge in [0.2, 0.25) is 0 Å². The highest BCUT2D eigenvalue weighted by molar-refractivity contribution is 5.47. The van der Waals surface area contributed by atoms with Crippen molar-refractivity contribution in [3.05, 3.63) is 36.2 Å². The molecule has 1 heterocycles. The number of hydrogen-bond acceptors (Lipinski definition) is 3. The van der Waals surface area contributed by atoms with Crippen molar-refractivity contribution in [2.75, 3.05) is 6.61 Å². The number of hydrogen-bond donors (Lipinski definition) is 2. The molecule has 64 valence electrons. The second-order valence-electron chi connectivity index (χ2n) is 2.47. The van der Waals surface area contributed by atoms with Gasteiger partial charge < -0.3 is 10.8 Å². The van der Waals surface area contributed by atoms with Crippen molar-refractivity contribution < 1.29 is 5.11 Å². The van der Waals surface area contributed by atoms with Crippen molar-refractivity contribution in [2.24, 2.45) is 5.73 Å². The fourth-order valence-corrected chi connectivity index (χ4v) is 1.01. The Morgan fingerprint density at radius 1 is 1.75 bits per heavy atom. The number of nitrogens with zero attached hydrogens (tertiary/aromatic N) is 1. The molecule has 0 aromatic carbocycles. The molecule has 3 N–H and O–H groups in total. The predicted octanol–water partition coefficient (Wildman–Crippen LogP) is 0.717. The summed E-state index contributed by atoms with van der Waals surface area (Å²) in [5.41, 5.74) is 7.20. The van der Waals surface area contributed by atoms with Crippen LogP contribution >= 0.6 is 0 Å². The number of rotatable bonds is 3. The molecule has 12 heavy (non-hydrogen) atoms. The summed E-state index contributed by atoms with van der Waals surface area (Å²) in [6.07, 6.45) is 3.30. The third-order valence-corrected chi connectivity index (χ3v) is 1.66. The highest BCUT2D eigenvalue weighted by Gasteiger charge is 2.07. The van der Waals surface area contributed by atoms with E-state index in [0.717, 1.165) is 11.3 Å². The molecule has 0 saturated heterocycles. The molecule has 0 aliphatic carbocycles. The van der Waals surface area contributed by atoms with E-state index in [1.165, 1.54) is 0 Å². The van der Waals surface area contributed by atoms with Crippen LogP contribution in [0, 0.1) is 0 Å². The Morgan fingerprint density at radius 2 is 2.50 bits per heavy atom. The van der Waals surface area contributed by atoms with E-state index in [0.29, 0.717) is 0 Å². The Kier molecular flexibility index (Phi) is 2.96. The van der Waals surface area contributed by atoms with E-state index in [1.54, 1.807) is 18.3 Å². The first kappa shape index (κ1) is 8.90. The average molecular weight is 164 g/mol. The fraction of sp³-hybridized carbons (Fsp3) is 0.222. The van der Waals surface area contributed by atoms with Gasteiger partial charge in [0, 0.05) is 6.20 Å². The van der Waals surface area contributed by atoms with Crippen molar-refractivity contribution in [3.8, 4) is 0 Å². The van der Waals surface area contributed by atoms with E-state index in [2.05, 4.69) is 11.6 Å². The van der Waals surface area contributed by atoms with E-state index in [9.17, 15) is 0 Å². The molecule has 3 nitrogen and oxygen atoms in total. The Balaban J connectivity index is 3.04. The van der Waals surface area contributed by atoms with Crippen LogP contribution in [0.4, 0.5) is 0 Å². The van der Waals surface area contributed by atoms with Crippen LogP contribution in [0.25, 0.3) is 6.08 Å². The lowest BCUT2D eigenvalue weighted by molar-refractivity contribution is 0.267. The van der Waals surface area contributed by atoms with Crippen LogP contribution in [0.5, 0.6) is 0 Å². The normalized spacial score (nSPS) is 12.5. The topological polar surface area (TPSA) is 59.1 Å². The molecule has 1 aromatic heterocycles. The third kappa shape index (κ3) is 1.69. The molecule has 3 heteroatoms. The molecule has 1 unspecified atom stereocenters. The van der Waals surface area contributed by atoms with Crippen LogP contribution in [0.1, 0.15) is 17.3 Å². The fourth-order valence-electron chi connectivity index (χ4n) is 1.01. The summed E-state index contributed by atoms with van der Waals surface area (Å²) >= 11 is 0. The molecule has 0 aliphatic rings. The number of aromatic nitrogens is 1. The summed E-state index contributed by atoms with van der Waals surface area (Å²) < 4.78 is 0. The smallest absolute Gasteiger partial charge is 0.0672 e. The van der Waals surface area contributed by atoms with Gasteiger partial charge in [0.1, 0.15) is 0 Å². The van der Waals surface area contributed by atoms with E-state index < -0.39 is 0 Å². The third-order valence-electron chi connectivity index (χ3n) is 1.66. The van der Waals surface area contributed by atoms with Crippen molar-refractivity contribution in [1.29, 1.82) is 0 Å². The lowest BCUT2D eigenvalue weighted by Crippen LogP contribution is -2.16. The van der Waals surface area contributed by atoms with E-state index >= 15 is 0 Å². The van der Waals surface area contributed by atoms with Gasteiger partial charge in [-0.15, -0.1) is 0 Å². The van der Waals surface area contributed by atoms with Crippen molar-refractivity contribution in [1.82, 2.24) is 4.98 Å². The van der Waals surface area contributed by atoms with E-state index in [-0.39, 0.29) is 12.6 Å². The molecular weight excluding hydrogens is 152 g/mol. The van der Waals surface area contributed by atoms with Crippen LogP contribution in [0.2, 0.25) is 0 Å². The van der Waals surface area contributed by atoms with Gasteiger partial charge in [0.15, 0.2) is 0 Å². The SMILES string of the molecule is C=Cc1ncccc1C(N)CO. The first-order chi connectivity index (χ1) is 5.79. The van der Waals surface area contributed by atoms with Gasteiger partial charge >= 0.3 is 0 Å². The van der Waals surface area contributed by atoms with Gasteiger partial charge in [-0.2, -0.15) is 0 Å². The minimum Gasteiger partial charge on any atom is -0.394 e. The minimum absolute atomic E-state index is 0.0769. The molecule has 1 atom stereocenters. The zero-order valence-electron chi connectivity index (χ0n) is 6.77. The van der Waals surface area contributed by atoms with Gasteiger partial charge in [0.05, 0.1) is 18.3 Å². The molecule has 1 rings (SSSR count). The Hall–Kier alpha value is -1.19. The molecule has 0 spiro atoms. The summed E-state index contributed by atoms with van der Waals surface area (Å²) in [7, 11) is 0. The van der Waals surface area contributed by atoms with Gasteiger partial charge in [0.25, 0.3) is 0 Å². The van der Waals surface area contributed by atoms with Crippen molar-refractivity contribution in [3.63, 3.8) is 0 Å². The van der Waals surface area contributed by atoms with Gasteiger partial charge in [-0.05, 0) is 17.7 Å². The highest BCUT2D eigenvalue weighted by Crippen LogP contribution is 2.13. The lowest BCUT2D eigenvalue weighted by Gasteiger charge is -2.10. The second kappa shape index (κ2) is 3.99. The lowest BCUT2D eigenvalue weighted by atomic mass is 10.1. The number of pyridine rings is 1. The summed E-state index contributed by atoms with van der Waals surface area (Å²) in [6.45, 7) is 3.53. The van der Waals surface area contributed by atoms with Gasteiger partial charge in [-0.25, -0.2) is 0 Å².